The molecule has 0 aliphatic heterocycles. The van der Waals surface area contributed by atoms with E-state index in [1.807, 2.05) is 0 Å². The summed E-state index contributed by atoms with van der Waals surface area (Å²) in [6.07, 6.45) is 0.476. The summed E-state index contributed by atoms with van der Waals surface area (Å²) >= 11 is 0. The number of alkyl halides is 1. The molecule has 2 N–H and O–H groups in total. The van der Waals surface area contributed by atoms with Crippen LogP contribution in [0.1, 0.15) is 47.5 Å². The van der Waals surface area contributed by atoms with Crippen LogP contribution in [0.4, 0.5) is 4.39 Å². The van der Waals surface area contributed by atoms with Crippen LogP contribution in [0.3, 0.4) is 0 Å². The third-order valence-electron chi connectivity index (χ3n) is 3.53. The maximum absolute atomic E-state index is 14.2. The van der Waals surface area contributed by atoms with Crippen molar-refractivity contribution in [2.45, 2.75) is 59.2 Å². The van der Waals surface area contributed by atoms with Crippen molar-refractivity contribution in [2.75, 3.05) is 39.5 Å². The molecule has 0 radical (unpaired) electrons. The van der Waals surface area contributed by atoms with Crippen molar-refractivity contribution in [1.82, 2.24) is 10.6 Å². The average molecular weight is 334 g/mol. The van der Waals surface area contributed by atoms with Crippen molar-refractivity contribution in [1.29, 1.82) is 0 Å². The van der Waals surface area contributed by atoms with Crippen LogP contribution in [0.25, 0.3) is 0 Å². The maximum Gasteiger partial charge on any atom is 0.222 e. The van der Waals surface area contributed by atoms with Crippen molar-refractivity contribution in [3.05, 3.63) is 0 Å². The van der Waals surface area contributed by atoms with Gasteiger partial charge in [-0.05, 0) is 39.8 Å². The van der Waals surface area contributed by atoms with Crippen LogP contribution in [0.2, 0.25) is 0 Å². The lowest BCUT2D eigenvalue weighted by atomic mass is 10.0. The lowest BCUT2D eigenvalue weighted by Gasteiger charge is -2.29. The SMILES string of the molecule is CCNCCCOCCCOC(C)(C)C(F)CNC(=O)C(C)C. The molecule has 138 valence electrons. The van der Waals surface area contributed by atoms with E-state index in [2.05, 4.69) is 17.6 Å². The van der Waals surface area contributed by atoms with Crippen molar-refractivity contribution in [3.8, 4) is 0 Å². The zero-order chi connectivity index (χ0) is 17.7. The Bertz CT molecular complexity index is 312. The van der Waals surface area contributed by atoms with E-state index in [9.17, 15) is 9.18 Å². The molecule has 23 heavy (non-hydrogen) atoms. The molecule has 0 aromatic heterocycles. The number of carbonyl (C=O) groups excluding carboxylic acids is 1. The van der Waals surface area contributed by atoms with E-state index in [0.29, 0.717) is 13.2 Å². The highest BCUT2D eigenvalue weighted by molar-refractivity contribution is 5.77. The van der Waals surface area contributed by atoms with Gasteiger partial charge in [0.15, 0.2) is 0 Å². The number of halogens is 1. The minimum absolute atomic E-state index is 0.0229. The maximum atomic E-state index is 14.2. The first-order chi connectivity index (χ1) is 10.8. The van der Waals surface area contributed by atoms with Crippen molar-refractivity contribution >= 4 is 5.91 Å². The Hall–Kier alpha value is -0.720. The van der Waals surface area contributed by atoms with Gasteiger partial charge in [0, 0.05) is 25.7 Å². The summed E-state index contributed by atoms with van der Waals surface area (Å²) in [5, 5.41) is 5.83. The lowest BCUT2D eigenvalue weighted by Crippen LogP contribution is -2.45. The number of rotatable bonds is 14. The Kier molecular flexibility index (Phi) is 12.3. The van der Waals surface area contributed by atoms with Crippen LogP contribution in [-0.4, -0.2) is 57.1 Å². The predicted molar refractivity (Wildman–Crippen MR) is 91.4 cm³/mol. The van der Waals surface area contributed by atoms with Gasteiger partial charge in [0.25, 0.3) is 0 Å². The molecule has 1 unspecified atom stereocenters. The van der Waals surface area contributed by atoms with E-state index < -0.39 is 11.8 Å². The van der Waals surface area contributed by atoms with Gasteiger partial charge in [-0.2, -0.15) is 0 Å². The highest BCUT2D eigenvalue weighted by Gasteiger charge is 2.30. The fraction of sp³-hybridized carbons (Fsp3) is 0.941. The molecule has 0 aliphatic carbocycles. The van der Waals surface area contributed by atoms with E-state index in [1.54, 1.807) is 27.7 Å². The first kappa shape index (κ1) is 22.3. The van der Waals surface area contributed by atoms with Gasteiger partial charge in [-0.3, -0.25) is 4.79 Å². The molecule has 0 rings (SSSR count). The summed E-state index contributed by atoms with van der Waals surface area (Å²) in [7, 11) is 0. The monoisotopic (exact) mass is 334 g/mol. The van der Waals surface area contributed by atoms with E-state index in [1.165, 1.54) is 0 Å². The number of hydrogen-bond donors (Lipinski definition) is 2. The smallest absolute Gasteiger partial charge is 0.222 e. The first-order valence-corrected chi connectivity index (χ1v) is 8.65. The summed E-state index contributed by atoms with van der Waals surface area (Å²) in [6, 6.07) is 0. The normalized spacial score (nSPS) is 13.3. The molecular formula is C17H35FN2O3. The summed E-state index contributed by atoms with van der Waals surface area (Å²) in [6.45, 7) is 12.7. The summed E-state index contributed by atoms with van der Waals surface area (Å²) < 4.78 is 25.3. The van der Waals surface area contributed by atoms with Gasteiger partial charge in [0.1, 0.15) is 6.17 Å². The Morgan fingerprint density at radius 2 is 1.83 bits per heavy atom. The molecule has 0 aliphatic rings. The molecule has 0 aromatic rings. The summed E-state index contributed by atoms with van der Waals surface area (Å²) in [5.74, 6) is -0.287. The van der Waals surface area contributed by atoms with Crippen molar-refractivity contribution in [3.63, 3.8) is 0 Å². The van der Waals surface area contributed by atoms with Gasteiger partial charge in [-0.15, -0.1) is 0 Å². The van der Waals surface area contributed by atoms with Crippen molar-refractivity contribution in [2.24, 2.45) is 5.92 Å². The molecule has 0 saturated carbocycles. The fourth-order valence-corrected chi connectivity index (χ4v) is 1.80. The Labute approximate surface area is 140 Å². The predicted octanol–water partition coefficient (Wildman–Crippen LogP) is 2.30. The Morgan fingerprint density at radius 3 is 2.43 bits per heavy atom. The molecule has 1 amide bonds. The highest BCUT2D eigenvalue weighted by Crippen LogP contribution is 2.18. The van der Waals surface area contributed by atoms with Crippen LogP contribution >= 0.6 is 0 Å². The second-order valence-electron chi connectivity index (χ2n) is 6.49. The zero-order valence-electron chi connectivity index (χ0n) is 15.4. The first-order valence-electron chi connectivity index (χ1n) is 8.65. The molecule has 0 spiro atoms. The molecule has 0 aromatic carbocycles. The highest BCUT2D eigenvalue weighted by atomic mass is 19.1. The summed E-state index contributed by atoms with van der Waals surface area (Å²) in [5.41, 5.74) is -0.921. The lowest BCUT2D eigenvalue weighted by molar-refractivity contribution is -0.125. The third kappa shape index (κ3) is 11.5. The van der Waals surface area contributed by atoms with Crippen LogP contribution < -0.4 is 10.6 Å². The van der Waals surface area contributed by atoms with E-state index >= 15 is 0 Å². The van der Waals surface area contributed by atoms with E-state index in [-0.39, 0.29) is 18.4 Å². The molecular weight excluding hydrogens is 299 g/mol. The molecule has 0 heterocycles. The summed E-state index contributed by atoms with van der Waals surface area (Å²) in [4.78, 5) is 11.5. The third-order valence-corrected chi connectivity index (χ3v) is 3.53. The topological polar surface area (TPSA) is 59.6 Å². The molecule has 1 atom stereocenters. The van der Waals surface area contributed by atoms with Crippen molar-refractivity contribution < 1.29 is 18.7 Å². The number of hydrogen-bond acceptors (Lipinski definition) is 4. The second kappa shape index (κ2) is 12.7. The standard InChI is InChI=1S/C17H35FN2O3/c1-6-19-9-7-10-22-11-8-12-23-17(4,5)15(18)13-20-16(21)14(2)3/h14-15,19H,6-13H2,1-5H3,(H,20,21). The molecule has 0 saturated heterocycles. The second-order valence-corrected chi connectivity index (χ2v) is 6.49. The molecule has 6 heteroatoms. The number of carbonyl (C=O) groups is 1. The fourth-order valence-electron chi connectivity index (χ4n) is 1.80. The van der Waals surface area contributed by atoms with E-state index in [4.69, 9.17) is 9.47 Å². The molecule has 0 bridgehead atoms. The quantitative estimate of drug-likeness (QED) is 0.479. The average Bonchev–Trinajstić information content (AvgIpc) is 2.50. The minimum Gasteiger partial charge on any atom is -0.381 e. The minimum atomic E-state index is -1.24. The van der Waals surface area contributed by atoms with Crippen LogP contribution in [0, 0.1) is 5.92 Å². The number of amides is 1. The van der Waals surface area contributed by atoms with Crippen LogP contribution in [-0.2, 0) is 14.3 Å². The Morgan fingerprint density at radius 1 is 1.17 bits per heavy atom. The Balaban J connectivity index is 3.71. The van der Waals surface area contributed by atoms with Gasteiger partial charge in [-0.25, -0.2) is 4.39 Å². The molecule has 5 nitrogen and oxygen atoms in total. The van der Waals surface area contributed by atoms with Gasteiger partial charge >= 0.3 is 0 Å². The van der Waals surface area contributed by atoms with Gasteiger partial charge in [0.05, 0.1) is 12.1 Å². The van der Waals surface area contributed by atoms with Gasteiger partial charge in [-0.1, -0.05) is 20.8 Å². The number of ether oxygens (including phenoxy) is 2. The zero-order valence-corrected chi connectivity index (χ0v) is 15.4. The van der Waals surface area contributed by atoms with Gasteiger partial charge in [0.2, 0.25) is 5.91 Å². The van der Waals surface area contributed by atoms with Gasteiger partial charge < -0.3 is 20.1 Å². The van der Waals surface area contributed by atoms with Crippen LogP contribution in [0.15, 0.2) is 0 Å². The van der Waals surface area contributed by atoms with E-state index in [0.717, 1.165) is 32.5 Å². The van der Waals surface area contributed by atoms with Crippen LogP contribution in [0.5, 0.6) is 0 Å². The largest absolute Gasteiger partial charge is 0.381 e. The molecule has 0 fully saturated rings. The number of nitrogens with one attached hydrogen (secondary N) is 2.